The van der Waals surface area contributed by atoms with Crippen LogP contribution in [0.5, 0.6) is 0 Å². The van der Waals surface area contributed by atoms with Crippen LogP contribution in [-0.2, 0) is 6.54 Å². The lowest BCUT2D eigenvalue weighted by Gasteiger charge is -2.32. The lowest BCUT2D eigenvalue weighted by Crippen LogP contribution is -2.47. The van der Waals surface area contributed by atoms with Crippen molar-refractivity contribution in [3.63, 3.8) is 0 Å². The molecule has 6 heteroatoms. The number of nitrogens with one attached hydrogen (secondary N) is 2. The van der Waals surface area contributed by atoms with Crippen LogP contribution in [0, 0.1) is 6.92 Å². The van der Waals surface area contributed by atoms with E-state index in [1.807, 2.05) is 61.7 Å². The Morgan fingerprint density at radius 3 is 2.82 bits per heavy atom. The van der Waals surface area contributed by atoms with E-state index in [9.17, 15) is 4.79 Å². The molecule has 1 aliphatic heterocycles. The molecule has 1 atom stereocenters. The number of likely N-dealkylation sites (tertiary alicyclic amines) is 1. The molecule has 0 bridgehead atoms. The molecule has 3 heterocycles. The van der Waals surface area contributed by atoms with Gasteiger partial charge in [0, 0.05) is 36.6 Å². The zero-order valence-corrected chi connectivity index (χ0v) is 16.1. The number of imidazole rings is 1. The van der Waals surface area contributed by atoms with E-state index in [0.29, 0.717) is 5.69 Å². The highest BCUT2D eigenvalue weighted by molar-refractivity contribution is 5.94. The molecule has 2 aromatic heterocycles. The number of benzene rings is 1. The Bertz CT molecular complexity index is 923. The second-order valence-electron chi connectivity index (χ2n) is 7.29. The molecule has 6 nitrogen and oxygen atoms in total. The van der Waals surface area contributed by atoms with Crippen molar-refractivity contribution >= 4 is 5.91 Å². The van der Waals surface area contributed by atoms with Crippen LogP contribution in [0.4, 0.5) is 0 Å². The number of aryl methyl sites for hydroxylation is 1. The molecule has 0 radical (unpaired) electrons. The molecule has 1 saturated heterocycles. The fourth-order valence-electron chi connectivity index (χ4n) is 3.71. The number of carbonyl (C=O) groups excluding carboxylic acids is 1. The van der Waals surface area contributed by atoms with E-state index >= 15 is 0 Å². The van der Waals surface area contributed by atoms with Gasteiger partial charge < -0.3 is 10.3 Å². The van der Waals surface area contributed by atoms with Crippen molar-refractivity contribution in [3.05, 3.63) is 71.8 Å². The van der Waals surface area contributed by atoms with Crippen molar-refractivity contribution in [2.45, 2.75) is 32.4 Å². The third-order valence-corrected chi connectivity index (χ3v) is 5.10. The minimum Gasteiger partial charge on any atom is -0.347 e. The minimum atomic E-state index is -0.111. The molecule has 4 rings (SSSR count). The lowest BCUT2D eigenvalue weighted by atomic mass is 10.1. The molecule has 1 aliphatic rings. The predicted octanol–water partition coefficient (Wildman–Crippen LogP) is 3.17. The summed E-state index contributed by atoms with van der Waals surface area (Å²) in [6.45, 7) is 4.56. The van der Waals surface area contributed by atoms with E-state index in [1.54, 1.807) is 0 Å². The van der Waals surface area contributed by atoms with Crippen LogP contribution in [0.15, 0.2) is 54.7 Å². The summed E-state index contributed by atoms with van der Waals surface area (Å²) in [5.74, 6) is 0.615. The van der Waals surface area contributed by atoms with E-state index in [2.05, 4.69) is 25.2 Å². The molecule has 1 unspecified atom stereocenters. The lowest BCUT2D eigenvalue weighted by molar-refractivity contribution is 0.0895. The number of amides is 1. The summed E-state index contributed by atoms with van der Waals surface area (Å²) in [6.07, 6.45) is 3.87. The van der Waals surface area contributed by atoms with E-state index in [1.165, 1.54) is 0 Å². The predicted molar refractivity (Wildman–Crippen MR) is 109 cm³/mol. The first-order valence-corrected chi connectivity index (χ1v) is 9.74. The number of carbonyl (C=O) groups is 1. The third kappa shape index (κ3) is 4.28. The molecule has 1 aromatic carbocycles. The molecule has 3 aromatic rings. The van der Waals surface area contributed by atoms with Crippen molar-refractivity contribution in [2.24, 2.45) is 0 Å². The molecular weight excluding hydrogens is 350 g/mol. The number of hydrogen-bond donors (Lipinski definition) is 2. The van der Waals surface area contributed by atoms with Gasteiger partial charge in [-0.05, 0) is 38.4 Å². The van der Waals surface area contributed by atoms with Gasteiger partial charge in [0.2, 0.25) is 0 Å². The maximum Gasteiger partial charge on any atom is 0.272 e. The number of nitrogens with zero attached hydrogens (tertiary/aromatic N) is 3. The van der Waals surface area contributed by atoms with Crippen molar-refractivity contribution < 1.29 is 4.79 Å². The number of pyridine rings is 1. The zero-order valence-electron chi connectivity index (χ0n) is 16.1. The largest absolute Gasteiger partial charge is 0.347 e. The second-order valence-corrected chi connectivity index (χ2v) is 7.29. The topological polar surface area (TPSA) is 73.9 Å². The van der Waals surface area contributed by atoms with Gasteiger partial charge in [0.1, 0.15) is 11.5 Å². The zero-order chi connectivity index (χ0) is 19.3. The SMILES string of the molecule is Cc1[nH]c(-c2ccccc2)nc1C(=O)NC1CCCN(Cc2ccccn2)C1. The van der Waals surface area contributed by atoms with Crippen LogP contribution in [0.2, 0.25) is 0 Å². The molecule has 0 aliphatic carbocycles. The van der Waals surface area contributed by atoms with Gasteiger partial charge in [-0.25, -0.2) is 4.98 Å². The minimum absolute atomic E-state index is 0.111. The highest BCUT2D eigenvalue weighted by atomic mass is 16.2. The first-order valence-electron chi connectivity index (χ1n) is 9.74. The van der Waals surface area contributed by atoms with Crippen LogP contribution >= 0.6 is 0 Å². The summed E-state index contributed by atoms with van der Waals surface area (Å²) in [6, 6.07) is 16.0. The molecule has 1 fully saturated rings. The van der Waals surface area contributed by atoms with Crippen molar-refractivity contribution in [1.82, 2.24) is 25.2 Å². The Balaban J connectivity index is 1.40. The molecule has 144 valence electrons. The quantitative estimate of drug-likeness (QED) is 0.718. The second kappa shape index (κ2) is 8.35. The number of H-pyrrole nitrogens is 1. The monoisotopic (exact) mass is 375 g/mol. The van der Waals surface area contributed by atoms with Crippen LogP contribution in [0.3, 0.4) is 0 Å². The molecular formula is C22H25N5O. The average molecular weight is 375 g/mol. The van der Waals surface area contributed by atoms with Gasteiger partial charge in [-0.1, -0.05) is 36.4 Å². The fourth-order valence-corrected chi connectivity index (χ4v) is 3.71. The highest BCUT2D eigenvalue weighted by Crippen LogP contribution is 2.18. The maximum absolute atomic E-state index is 12.8. The summed E-state index contributed by atoms with van der Waals surface area (Å²) in [4.78, 5) is 27.3. The highest BCUT2D eigenvalue weighted by Gasteiger charge is 2.24. The van der Waals surface area contributed by atoms with Crippen molar-refractivity contribution in [3.8, 4) is 11.4 Å². The maximum atomic E-state index is 12.8. The Hall–Kier alpha value is -2.99. The van der Waals surface area contributed by atoms with Crippen LogP contribution in [0.1, 0.15) is 34.7 Å². The normalized spacial score (nSPS) is 17.4. The van der Waals surface area contributed by atoms with Crippen LogP contribution < -0.4 is 5.32 Å². The molecule has 0 spiro atoms. The summed E-state index contributed by atoms with van der Waals surface area (Å²) >= 11 is 0. The van der Waals surface area contributed by atoms with Gasteiger partial charge >= 0.3 is 0 Å². The summed E-state index contributed by atoms with van der Waals surface area (Å²) < 4.78 is 0. The molecule has 2 N–H and O–H groups in total. The van der Waals surface area contributed by atoms with E-state index in [0.717, 1.165) is 55.3 Å². The number of rotatable bonds is 5. The summed E-state index contributed by atoms with van der Waals surface area (Å²) in [5, 5.41) is 3.17. The third-order valence-electron chi connectivity index (χ3n) is 5.10. The number of aromatic nitrogens is 3. The van der Waals surface area contributed by atoms with Crippen LogP contribution in [-0.4, -0.2) is 44.9 Å². The van der Waals surface area contributed by atoms with Crippen molar-refractivity contribution in [1.29, 1.82) is 0 Å². The standard InChI is InChI=1S/C22H25N5O/c1-16-20(26-21(24-16)17-8-3-2-4-9-17)22(28)25-19-11-7-13-27(15-19)14-18-10-5-6-12-23-18/h2-6,8-10,12,19H,7,11,13-15H2,1H3,(H,24,26)(H,25,28). The fraction of sp³-hybridized carbons (Fsp3) is 0.318. The van der Waals surface area contributed by atoms with Crippen molar-refractivity contribution in [2.75, 3.05) is 13.1 Å². The average Bonchev–Trinajstić information content (AvgIpc) is 3.12. The van der Waals surface area contributed by atoms with Crippen LogP contribution in [0.25, 0.3) is 11.4 Å². The van der Waals surface area contributed by atoms with Gasteiger partial charge in [-0.3, -0.25) is 14.7 Å². The Morgan fingerprint density at radius 1 is 1.21 bits per heavy atom. The van der Waals surface area contributed by atoms with E-state index < -0.39 is 0 Å². The van der Waals surface area contributed by atoms with Gasteiger partial charge in [0.15, 0.2) is 0 Å². The number of piperidine rings is 1. The molecule has 0 saturated carbocycles. The van der Waals surface area contributed by atoms with Gasteiger partial charge in [0.05, 0.1) is 5.69 Å². The Morgan fingerprint density at radius 2 is 2.04 bits per heavy atom. The Labute approximate surface area is 165 Å². The smallest absolute Gasteiger partial charge is 0.272 e. The summed E-state index contributed by atoms with van der Waals surface area (Å²) in [5.41, 5.74) is 3.30. The van der Waals surface area contributed by atoms with E-state index in [4.69, 9.17) is 0 Å². The number of aromatic amines is 1. The molecule has 1 amide bonds. The first-order chi connectivity index (χ1) is 13.7. The van der Waals surface area contributed by atoms with Gasteiger partial charge in [0.25, 0.3) is 5.91 Å². The summed E-state index contributed by atoms with van der Waals surface area (Å²) in [7, 11) is 0. The molecule has 28 heavy (non-hydrogen) atoms. The van der Waals surface area contributed by atoms with Gasteiger partial charge in [-0.15, -0.1) is 0 Å². The number of hydrogen-bond acceptors (Lipinski definition) is 4. The van der Waals surface area contributed by atoms with E-state index in [-0.39, 0.29) is 11.9 Å². The Kier molecular flexibility index (Phi) is 5.48. The first kappa shape index (κ1) is 18.4. The van der Waals surface area contributed by atoms with Gasteiger partial charge in [-0.2, -0.15) is 0 Å².